The molecule has 0 radical (unpaired) electrons. The topological polar surface area (TPSA) is 60.7 Å². The summed E-state index contributed by atoms with van der Waals surface area (Å²) in [5.74, 6) is 3.00. The molecule has 0 bridgehead atoms. The molecule has 0 fully saturated rings. The quantitative estimate of drug-likeness (QED) is 0.192. The van der Waals surface area contributed by atoms with E-state index in [2.05, 4.69) is 49.5 Å². The normalized spacial score (nSPS) is 11.8. The van der Waals surface area contributed by atoms with Crippen molar-refractivity contribution in [3.8, 4) is 18.1 Å². The molecule has 0 aliphatic carbocycles. The molecule has 0 saturated heterocycles. The van der Waals surface area contributed by atoms with E-state index in [1.54, 1.807) is 0 Å². The molecule has 0 saturated carbocycles. The fraction of sp³-hybridized carbons (Fsp3) is 0.567. The van der Waals surface area contributed by atoms with E-state index in [4.69, 9.17) is 15.9 Å². The van der Waals surface area contributed by atoms with Crippen LogP contribution in [0.4, 0.5) is 0 Å². The molecule has 5 heteroatoms. The van der Waals surface area contributed by atoms with Crippen LogP contribution in [0.2, 0.25) is 0 Å². The highest BCUT2D eigenvalue weighted by Crippen LogP contribution is 2.41. The van der Waals surface area contributed by atoms with Crippen molar-refractivity contribution < 1.29 is 19.4 Å². The molecular formula is C30H43NO4. The zero-order chi connectivity index (χ0) is 26.1. The molecule has 0 aliphatic heterocycles. The van der Waals surface area contributed by atoms with E-state index in [-0.39, 0.29) is 18.0 Å². The van der Waals surface area contributed by atoms with E-state index in [9.17, 15) is 9.90 Å². The third-order valence-corrected chi connectivity index (χ3v) is 7.55. The fourth-order valence-electron chi connectivity index (χ4n) is 4.91. The molecular weight excluding hydrogens is 438 g/mol. The predicted molar refractivity (Wildman–Crippen MR) is 142 cm³/mol. The number of aromatic nitrogens is 1. The molecule has 5 nitrogen and oxygen atoms in total. The minimum Gasteiger partial charge on any atom is -0.493 e. The summed E-state index contributed by atoms with van der Waals surface area (Å²) in [5, 5.41) is 10.5. The molecule has 0 aliphatic rings. The monoisotopic (exact) mass is 481 g/mol. The van der Waals surface area contributed by atoms with Gasteiger partial charge in [-0.05, 0) is 68.9 Å². The average Bonchev–Trinajstić information content (AvgIpc) is 3.31. The number of carbonyl (C=O) groups is 1. The molecule has 0 spiro atoms. The number of esters is 1. The third kappa shape index (κ3) is 6.30. The van der Waals surface area contributed by atoms with Gasteiger partial charge in [0.05, 0.1) is 12.2 Å². The maximum atomic E-state index is 12.7. The van der Waals surface area contributed by atoms with Crippen molar-refractivity contribution in [2.24, 2.45) is 0 Å². The van der Waals surface area contributed by atoms with Crippen molar-refractivity contribution in [3.63, 3.8) is 0 Å². The second kappa shape index (κ2) is 12.8. The molecule has 1 N–H and O–H groups in total. The number of aryl methyl sites for hydroxylation is 1. The first-order valence-corrected chi connectivity index (χ1v) is 13.0. The summed E-state index contributed by atoms with van der Waals surface area (Å²) in [4.78, 5) is 12.7. The Morgan fingerprint density at radius 3 is 2.26 bits per heavy atom. The zero-order valence-corrected chi connectivity index (χ0v) is 22.4. The van der Waals surface area contributed by atoms with Crippen molar-refractivity contribution in [2.75, 3.05) is 13.2 Å². The minimum atomic E-state index is -0.668. The number of benzene rings is 1. The Morgan fingerprint density at radius 2 is 1.71 bits per heavy atom. The van der Waals surface area contributed by atoms with E-state index in [1.165, 1.54) is 5.56 Å². The summed E-state index contributed by atoms with van der Waals surface area (Å²) in [5.41, 5.74) is 3.01. The lowest BCUT2D eigenvalue weighted by Gasteiger charge is -2.34. The largest absolute Gasteiger partial charge is 0.493 e. The van der Waals surface area contributed by atoms with Gasteiger partial charge in [-0.25, -0.2) is 4.79 Å². The van der Waals surface area contributed by atoms with E-state index in [0.29, 0.717) is 31.7 Å². The number of rotatable bonds is 14. The number of carbonyl (C=O) groups excluding carboxylic acids is 1. The van der Waals surface area contributed by atoms with Crippen LogP contribution in [-0.2, 0) is 16.7 Å². The highest BCUT2D eigenvalue weighted by molar-refractivity contribution is 5.88. The first kappa shape index (κ1) is 28.5. The van der Waals surface area contributed by atoms with Crippen molar-refractivity contribution in [1.82, 2.24) is 4.57 Å². The van der Waals surface area contributed by atoms with Gasteiger partial charge in [0, 0.05) is 30.5 Å². The van der Waals surface area contributed by atoms with Crippen molar-refractivity contribution in [3.05, 3.63) is 52.8 Å². The zero-order valence-electron chi connectivity index (χ0n) is 22.4. The van der Waals surface area contributed by atoms with Crippen LogP contribution in [0.25, 0.3) is 0 Å². The first-order chi connectivity index (χ1) is 16.8. The molecule has 2 rings (SSSR count). The van der Waals surface area contributed by atoms with E-state index >= 15 is 0 Å². The number of hydrogen-bond acceptors (Lipinski definition) is 4. The van der Waals surface area contributed by atoms with Gasteiger partial charge in [-0.2, -0.15) is 0 Å². The lowest BCUT2D eigenvalue weighted by molar-refractivity contribution is 0.0116. The van der Waals surface area contributed by atoms with Crippen LogP contribution in [0.1, 0.15) is 100 Å². The SMILES string of the molecule is C#CCCOC(=O)c1ccc(C(CC)(CC)c2ccc(OCCC(O)(CC)CC)c(C)c2)n1CC. The van der Waals surface area contributed by atoms with Crippen LogP contribution in [0.15, 0.2) is 30.3 Å². The van der Waals surface area contributed by atoms with Gasteiger partial charge in [0.25, 0.3) is 0 Å². The summed E-state index contributed by atoms with van der Waals surface area (Å²) in [6.45, 7) is 13.9. The maximum Gasteiger partial charge on any atom is 0.354 e. The highest BCUT2D eigenvalue weighted by atomic mass is 16.5. The number of terminal acetylenes is 1. The Labute approximate surface area is 211 Å². The minimum absolute atomic E-state index is 0.223. The van der Waals surface area contributed by atoms with E-state index in [0.717, 1.165) is 42.7 Å². The summed E-state index contributed by atoms with van der Waals surface area (Å²) in [7, 11) is 0. The number of ether oxygens (including phenoxy) is 2. The number of nitrogens with zero attached hydrogens (tertiary/aromatic N) is 1. The van der Waals surface area contributed by atoms with Gasteiger partial charge in [0.1, 0.15) is 18.1 Å². The smallest absolute Gasteiger partial charge is 0.354 e. The molecule has 1 aromatic heterocycles. The second-order valence-corrected chi connectivity index (χ2v) is 9.24. The molecule has 0 atom stereocenters. The molecule has 1 heterocycles. The predicted octanol–water partition coefficient (Wildman–Crippen LogP) is 6.42. The van der Waals surface area contributed by atoms with Crippen LogP contribution >= 0.6 is 0 Å². The Balaban J connectivity index is 2.35. The van der Waals surface area contributed by atoms with Gasteiger partial charge in [-0.3, -0.25) is 0 Å². The molecule has 1 aromatic carbocycles. The average molecular weight is 482 g/mol. The molecule has 2 aromatic rings. The highest BCUT2D eigenvalue weighted by Gasteiger charge is 2.35. The van der Waals surface area contributed by atoms with Gasteiger partial charge in [0.2, 0.25) is 0 Å². The van der Waals surface area contributed by atoms with Crippen LogP contribution in [0.3, 0.4) is 0 Å². The summed E-state index contributed by atoms with van der Waals surface area (Å²) >= 11 is 0. The van der Waals surface area contributed by atoms with Crippen LogP contribution in [0.5, 0.6) is 5.75 Å². The summed E-state index contributed by atoms with van der Waals surface area (Å²) in [6.07, 6.45) is 9.52. The lowest BCUT2D eigenvalue weighted by atomic mass is 9.72. The summed E-state index contributed by atoms with van der Waals surface area (Å²) in [6, 6.07) is 10.3. The van der Waals surface area contributed by atoms with Crippen LogP contribution < -0.4 is 4.74 Å². The third-order valence-electron chi connectivity index (χ3n) is 7.55. The Bertz CT molecular complexity index is 1010. The van der Waals surface area contributed by atoms with Crippen molar-refractivity contribution in [2.45, 2.75) is 97.6 Å². The standard InChI is InChI=1S/C30H43NO4/c1-8-14-20-35-28(32)25-16-18-27(31(25)13-6)30(11-4,12-5)24-15-17-26(23(7)22-24)34-21-19-29(33,9-2)10-3/h1,15-18,22,33H,9-14,19-21H2,2-7H3. The van der Waals surface area contributed by atoms with Crippen molar-refractivity contribution >= 4 is 5.97 Å². The molecule has 35 heavy (non-hydrogen) atoms. The van der Waals surface area contributed by atoms with Crippen LogP contribution in [-0.4, -0.2) is 34.5 Å². The van der Waals surface area contributed by atoms with Gasteiger partial charge < -0.3 is 19.1 Å². The number of hydrogen-bond donors (Lipinski definition) is 1. The number of aliphatic hydroxyl groups is 1. The van der Waals surface area contributed by atoms with Gasteiger partial charge in [-0.15, -0.1) is 12.3 Å². The Hall–Kier alpha value is -2.71. The van der Waals surface area contributed by atoms with E-state index < -0.39 is 5.60 Å². The van der Waals surface area contributed by atoms with Crippen LogP contribution in [0, 0.1) is 19.3 Å². The molecule has 0 unspecified atom stereocenters. The van der Waals surface area contributed by atoms with Gasteiger partial charge in [0.15, 0.2) is 0 Å². The van der Waals surface area contributed by atoms with Gasteiger partial charge >= 0.3 is 5.97 Å². The Morgan fingerprint density at radius 1 is 1.03 bits per heavy atom. The lowest BCUT2D eigenvalue weighted by Crippen LogP contribution is -2.30. The molecule has 0 amide bonds. The van der Waals surface area contributed by atoms with E-state index in [1.807, 2.05) is 32.9 Å². The van der Waals surface area contributed by atoms with Crippen molar-refractivity contribution in [1.29, 1.82) is 0 Å². The maximum absolute atomic E-state index is 12.7. The first-order valence-electron chi connectivity index (χ1n) is 13.0. The fourth-order valence-corrected chi connectivity index (χ4v) is 4.91. The molecule has 192 valence electrons. The summed E-state index contributed by atoms with van der Waals surface area (Å²) < 4.78 is 13.5. The second-order valence-electron chi connectivity index (χ2n) is 9.24. The Kier molecular flexibility index (Phi) is 10.5. The van der Waals surface area contributed by atoms with Gasteiger partial charge in [-0.1, -0.05) is 39.8 Å².